The molecule has 1 aliphatic heterocycles. The molecule has 0 aromatic heterocycles. The number of hydrogen-bond acceptors (Lipinski definition) is 3. The Morgan fingerprint density at radius 1 is 1.36 bits per heavy atom. The van der Waals surface area contributed by atoms with Gasteiger partial charge in [-0.15, -0.1) is 0 Å². The Balaban J connectivity index is 2.17. The highest BCUT2D eigenvalue weighted by Gasteiger charge is 2.64. The highest BCUT2D eigenvalue weighted by atomic mass is 19.4. The Labute approximate surface area is 143 Å². The van der Waals surface area contributed by atoms with E-state index in [9.17, 15) is 22.8 Å². The zero-order chi connectivity index (χ0) is 18.8. The molecule has 1 N–H and O–H groups in total. The van der Waals surface area contributed by atoms with Gasteiger partial charge in [-0.2, -0.15) is 13.2 Å². The summed E-state index contributed by atoms with van der Waals surface area (Å²) in [6, 6.07) is 7.00. The molecule has 0 radical (unpaired) electrons. The summed E-state index contributed by atoms with van der Waals surface area (Å²) in [5, 5.41) is 9.08. The molecule has 2 unspecified atom stereocenters. The number of hydrogen-bond donors (Lipinski definition) is 1. The summed E-state index contributed by atoms with van der Waals surface area (Å²) in [4.78, 5) is 24.7. The van der Waals surface area contributed by atoms with Gasteiger partial charge < -0.3 is 14.7 Å². The van der Waals surface area contributed by atoms with Gasteiger partial charge in [-0.25, -0.2) is 0 Å². The van der Waals surface area contributed by atoms with Crippen LogP contribution in [0.15, 0.2) is 24.3 Å². The average Bonchev–Trinajstić information content (AvgIpc) is 3.00. The van der Waals surface area contributed by atoms with Crippen molar-refractivity contribution in [2.45, 2.75) is 39.0 Å². The van der Waals surface area contributed by atoms with Crippen molar-refractivity contribution in [2.75, 3.05) is 13.1 Å². The molecule has 0 spiro atoms. The van der Waals surface area contributed by atoms with Crippen LogP contribution in [0.2, 0.25) is 0 Å². The molecule has 0 saturated carbocycles. The zero-order valence-corrected chi connectivity index (χ0v) is 14.0. The van der Waals surface area contributed by atoms with E-state index in [2.05, 4.69) is 0 Å². The lowest BCUT2D eigenvalue weighted by molar-refractivity contribution is -0.227. The molecule has 2 rings (SSSR count). The second kappa shape index (κ2) is 6.93. The molecule has 0 bridgehead atoms. The van der Waals surface area contributed by atoms with Crippen molar-refractivity contribution in [1.82, 2.24) is 4.90 Å². The minimum atomic E-state index is -4.92. The fourth-order valence-corrected chi connectivity index (χ4v) is 2.88. The van der Waals surface area contributed by atoms with Gasteiger partial charge in [0.2, 0.25) is 0 Å². The molecule has 0 aliphatic carbocycles. The standard InChI is InChI=1S/C17H20F3NO4/c1-3-12(25-13-7-5-4-6-11(13)2)14(22)21-9-8-16(10-21,15(23)24)17(18,19)20/h4-7,12H,3,8-10H2,1-2H3,(H,23,24). The highest BCUT2D eigenvalue weighted by molar-refractivity contribution is 5.84. The molecule has 1 saturated heterocycles. The number of halogens is 3. The number of aliphatic carboxylic acids is 1. The summed E-state index contributed by atoms with van der Waals surface area (Å²) in [6.07, 6.45) is -6.28. The van der Waals surface area contributed by atoms with E-state index in [1.54, 1.807) is 38.1 Å². The first-order valence-electron chi connectivity index (χ1n) is 7.93. The molecule has 1 aromatic carbocycles. The topological polar surface area (TPSA) is 66.8 Å². The van der Waals surface area contributed by atoms with Gasteiger partial charge in [-0.05, 0) is 31.4 Å². The van der Waals surface area contributed by atoms with E-state index >= 15 is 0 Å². The molecule has 1 aliphatic rings. The third-order valence-electron chi connectivity index (χ3n) is 4.54. The predicted octanol–water partition coefficient (Wildman–Crippen LogP) is 3.02. The first-order chi connectivity index (χ1) is 11.6. The Kier molecular flexibility index (Phi) is 5.29. The molecule has 1 heterocycles. The second-order valence-electron chi connectivity index (χ2n) is 6.18. The number of rotatable bonds is 5. The van der Waals surface area contributed by atoms with E-state index in [1.165, 1.54) is 0 Å². The van der Waals surface area contributed by atoms with Crippen LogP contribution in [0.3, 0.4) is 0 Å². The Morgan fingerprint density at radius 3 is 2.48 bits per heavy atom. The van der Waals surface area contributed by atoms with E-state index in [-0.39, 0.29) is 13.0 Å². The van der Waals surface area contributed by atoms with Crippen LogP contribution in [0.5, 0.6) is 5.75 Å². The highest BCUT2D eigenvalue weighted by Crippen LogP contribution is 2.45. The summed E-state index contributed by atoms with van der Waals surface area (Å²) in [5.41, 5.74) is -2.12. The molecule has 1 amide bonds. The molecule has 5 nitrogen and oxygen atoms in total. The van der Waals surface area contributed by atoms with Crippen LogP contribution in [-0.2, 0) is 9.59 Å². The Bertz CT molecular complexity index is 662. The van der Waals surface area contributed by atoms with Crippen molar-refractivity contribution >= 4 is 11.9 Å². The van der Waals surface area contributed by atoms with Crippen LogP contribution in [-0.4, -0.2) is 47.3 Å². The van der Waals surface area contributed by atoms with Gasteiger partial charge in [0.05, 0.1) is 0 Å². The number of aryl methyl sites for hydroxylation is 1. The van der Waals surface area contributed by atoms with Crippen LogP contribution in [0.25, 0.3) is 0 Å². The smallest absolute Gasteiger partial charge is 0.406 e. The maximum absolute atomic E-state index is 13.2. The van der Waals surface area contributed by atoms with E-state index in [4.69, 9.17) is 9.84 Å². The van der Waals surface area contributed by atoms with Gasteiger partial charge in [0.15, 0.2) is 11.5 Å². The normalized spacial score (nSPS) is 21.9. The number of carboxylic acid groups (broad SMARTS) is 1. The van der Waals surface area contributed by atoms with Crippen LogP contribution in [0, 0.1) is 12.3 Å². The Hall–Kier alpha value is -2.25. The molecule has 2 atom stereocenters. The molecular formula is C17H20F3NO4. The van der Waals surface area contributed by atoms with Crippen molar-refractivity contribution in [2.24, 2.45) is 5.41 Å². The average molecular weight is 359 g/mol. The fourth-order valence-electron chi connectivity index (χ4n) is 2.88. The lowest BCUT2D eigenvalue weighted by atomic mass is 9.86. The quantitative estimate of drug-likeness (QED) is 0.878. The molecular weight excluding hydrogens is 339 g/mol. The van der Waals surface area contributed by atoms with Gasteiger partial charge in [0.1, 0.15) is 5.75 Å². The van der Waals surface area contributed by atoms with Gasteiger partial charge in [0.25, 0.3) is 5.91 Å². The number of carboxylic acids is 1. The first kappa shape index (κ1) is 19.1. The predicted molar refractivity (Wildman–Crippen MR) is 83.2 cm³/mol. The number of alkyl halides is 3. The fraction of sp³-hybridized carbons (Fsp3) is 0.529. The SMILES string of the molecule is CCC(Oc1ccccc1C)C(=O)N1CCC(C(=O)O)(C(F)(F)F)C1. The summed E-state index contributed by atoms with van der Waals surface area (Å²) < 4.78 is 45.4. The van der Waals surface area contributed by atoms with E-state index in [0.29, 0.717) is 5.75 Å². The summed E-state index contributed by atoms with van der Waals surface area (Å²) in [6.45, 7) is 2.32. The zero-order valence-electron chi connectivity index (χ0n) is 14.0. The van der Waals surface area contributed by atoms with Crippen LogP contribution < -0.4 is 4.74 Å². The number of likely N-dealkylation sites (tertiary alicyclic amines) is 1. The van der Waals surface area contributed by atoms with Gasteiger partial charge >= 0.3 is 12.1 Å². The Morgan fingerprint density at radius 2 is 2.00 bits per heavy atom. The molecule has 138 valence electrons. The summed E-state index contributed by atoms with van der Waals surface area (Å²) in [5.74, 6) is -2.11. The van der Waals surface area contributed by atoms with E-state index < -0.39 is 42.5 Å². The number of amides is 1. The molecule has 1 fully saturated rings. The van der Waals surface area contributed by atoms with Crippen molar-refractivity contribution in [3.8, 4) is 5.75 Å². The third-order valence-corrected chi connectivity index (χ3v) is 4.54. The molecule has 8 heteroatoms. The van der Waals surface area contributed by atoms with E-state index in [0.717, 1.165) is 10.5 Å². The number of nitrogens with zero attached hydrogens (tertiary/aromatic N) is 1. The largest absolute Gasteiger partial charge is 0.481 e. The first-order valence-corrected chi connectivity index (χ1v) is 7.93. The van der Waals surface area contributed by atoms with Crippen molar-refractivity contribution in [1.29, 1.82) is 0 Å². The van der Waals surface area contributed by atoms with Crippen molar-refractivity contribution in [3.05, 3.63) is 29.8 Å². The minimum Gasteiger partial charge on any atom is -0.481 e. The number of carbonyl (C=O) groups excluding carboxylic acids is 1. The third kappa shape index (κ3) is 3.57. The number of carbonyl (C=O) groups is 2. The number of benzene rings is 1. The summed E-state index contributed by atoms with van der Waals surface area (Å²) >= 11 is 0. The van der Waals surface area contributed by atoms with Crippen LogP contribution in [0.1, 0.15) is 25.3 Å². The molecule has 1 aromatic rings. The minimum absolute atomic E-state index is 0.260. The number of ether oxygens (including phenoxy) is 1. The number of para-hydroxylation sites is 1. The second-order valence-corrected chi connectivity index (χ2v) is 6.18. The lowest BCUT2D eigenvalue weighted by Gasteiger charge is -2.28. The summed E-state index contributed by atoms with van der Waals surface area (Å²) in [7, 11) is 0. The van der Waals surface area contributed by atoms with Gasteiger partial charge in [0, 0.05) is 13.1 Å². The van der Waals surface area contributed by atoms with Crippen LogP contribution in [0.4, 0.5) is 13.2 Å². The van der Waals surface area contributed by atoms with Gasteiger partial charge in [-0.3, -0.25) is 9.59 Å². The van der Waals surface area contributed by atoms with Crippen molar-refractivity contribution < 1.29 is 32.6 Å². The monoisotopic (exact) mass is 359 g/mol. The van der Waals surface area contributed by atoms with Crippen LogP contribution >= 0.6 is 0 Å². The maximum Gasteiger partial charge on any atom is 0.406 e. The van der Waals surface area contributed by atoms with E-state index in [1.807, 2.05) is 0 Å². The maximum atomic E-state index is 13.2. The van der Waals surface area contributed by atoms with Crippen molar-refractivity contribution in [3.63, 3.8) is 0 Å². The van der Waals surface area contributed by atoms with Gasteiger partial charge in [-0.1, -0.05) is 25.1 Å². The lowest BCUT2D eigenvalue weighted by Crippen LogP contribution is -2.49. The molecule has 25 heavy (non-hydrogen) atoms.